The van der Waals surface area contributed by atoms with E-state index in [9.17, 15) is 9.18 Å². The van der Waals surface area contributed by atoms with Gasteiger partial charge in [0.25, 0.3) is 5.91 Å². The second-order valence-corrected chi connectivity index (χ2v) is 5.21. The van der Waals surface area contributed by atoms with Crippen molar-refractivity contribution in [3.63, 3.8) is 0 Å². The Labute approximate surface area is 118 Å². The van der Waals surface area contributed by atoms with E-state index in [1.165, 1.54) is 12.1 Å². The number of hydrogen-bond acceptors (Lipinski definition) is 2. The van der Waals surface area contributed by atoms with Gasteiger partial charge in [-0.1, -0.05) is 19.9 Å². The fraction of sp³-hybridized carbons (Fsp3) is 0.231. The Morgan fingerprint density at radius 1 is 1.47 bits per heavy atom. The number of anilines is 1. The van der Waals surface area contributed by atoms with Crippen LogP contribution >= 0.6 is 15.9 Å². The molecule has 2 aromatic rings. The number of halogens is 2. The normalized spacial score (nSPS) is 10.8. The lowest BCUT2D eigenvalue weighted by atomic mass is 10.1. The SMILES string of the molecule is CC(C)c1cc(NC(=O)c2cccc(F)c2Br)n[nH]1. The summed E-state index contributed by atoms with van der Waals surface area (Å²) >= 11 is 3.06. The van der Waals surface area contributed by atoms with Crippen LogP contribution in [0.25, 0.3) is 0 Å². The van der Waals surface area contributed by atoms with Gasteiger partial charge in [0.15, 0.2) is 5.82 Å². The van der Waals surface area contributed by atoms with Gasteiger partial charge in [-0.15, -0.1) is 0 Å². The number of amides is 1. The third-order valence-corrected chi connectivity index (χ3v) is 3.46. The number of H-pyrrole nitrogens is 1. The molecule has 1 heterocycles. The Kier molecular flexibility index (Phi) is 3.99. The monoisotopic (exact) mass is 325 g/mol. The lowest BCUT2D eigenvalue weighted by molar-refractivity contribution is 0.102. The number of rotatable bonds is 3. The molecule has 2 N–H and O–H groups in total. The molecular formula is C13H13BrFN3O. The summed E-state index contributed by atoms with van der Waals surface area (Å²) in [6.07, 6.45) is 0. The molecule has 0 unspecified atom stereocenters. The van der Waals surface area contributed by atoms with Crippen LogP contribution in [0.3, 0.4) is 0 Å². The molecule has 0 spiro atoms. The van der Waals surface area contributed by atoms with Crippen LogP contribution in [0.2, 0.25) is 0 Å². The van der Waals surface area contributed by atoms with Gasteiger partial charge in [-0.25, -0.2) is 4.39 Å². The van der Waals surface area contributed by atoms with Gasteiger partial charge in [0.2, 0.25) is 0 Å². The third kappa shape index (κ3) is 3.01. The molecule has 0 radical (unpaired) electrons. The first-order valence-corrected chi connectivity index (χ1v) is 6.59. The van der Waals surface area contributed by atoms with Crippen LogP contribution in [-0.4, -0.2) is 16.1 Å². The summed E-state index contributed by atoms with van der Waals surface area (Å²) in [5.41, 5.74) is 1.16. The lowest BCUT2D eigenvalue weighted by Crippen LogP contribution is -2.13. The molecule has 0 atom stereocenters. The summed E-state index contributed by atoms with van der Waals surface area (Å²) in [6.45, 7) is 4.03. The third-order valence-electron chi connectivity index (χ3n) is 2.66. The van der Waals surface area contributed by atoms with Crippen LogP contribution in [0.5, 0.6) is 0 Å². The molecule has 4 nitrogen and oxygen atoms in total. The zero-order chi connectivity index (χ0) is 14.0. The highest BCUT2D eigenvalue weighted by Gasteiger charge is 2.14. The van der Waals surface area contributed by atoms with E-state index in [1.807, 2.05) is 13.8 Å². The van der Waals surface area contributed by atoms with Crippen LogP contribution in [0, 0.1) is 5.82 Å². The fourth-order valence-corrected chi connectivity index (χ4v) is 2.00. The molecule has 100 valence electrons. The number of nitrogens with zero attached hydrogens (tertiary/aromatic N) is 1. The molecule has 1 amide bonds. The predicted molar refractivity (Wildman–Crippen MR) is 74.7 cm³/mol. The summed E-state index contributed by atoms with van der Waals surface area (Å²) in [5.74, 6) is -0.172. The fourth-order valence-electron chi connectivity index (χ4n) is 1.56. The zero-order valence-electron chi connectivity index (χ0n) is 10.5. The molecule has 6 heteroatoms. The molecule has 0 bridgehead atoms. The molecule has 0 aliphatic heterocycles. The van der Waals surface area contributed by atoms with Gasteiger partial charge < -0.3 is 5.32 Å². The van der Waals surface area contributed by atoms with Crippen molar-refractivity contribution in [2.75, 3.05) is 5.32 Å². The van der Waals surface area contributed by atoms with Crippen molar-refractivity contribution < 1.29 is 9.18 Å². The van der Waals surface area contributed by atoms with E-state index >= 15 is 0 Å². The van der Waals surface area contributed by atoms with Gasteiger partial charge in [0, 0.05) is 11.8 Å². The van der Waals surface area contributed by atoms with E-state index in [0.717, 1.165) is 5.69 Å². The molecular weight excluding hydrogens is 313 g/mol. The second kappa shape index (κ2) is 5.52. The van der Waals surface area contributed by atoms with E-state index < -0.39 is 11.7 Å². The van der Waals surface area contributed by atoms with Gasteiger partial charge in [-0.2, -0.15) is 5.10 Å². The number of aromatic nitrogens is 2. The van der Waals surface area contributed by atoms with Crippen LogP contribution in [0.1, 0.15) is 35.8 Å². The summed E-state index contributed by atoms with van der Waals surface area (Å²) in [7, 11) is 0. The summed E-state index contributed by atoms with van der Waals surface area (Å²) in [6, 6.07) is 6.07. The molecule has 1 aromatic carbocycles. The molecule has 0 saturated carbocycles. The first kappa shape index (κ1) is 13.7. The molecule has 19 heavy (non-hydrogen) atoms. The van der Waals surface area contributed by atoms with Gasteiger partial charge in [0.05, 0.1) is 10.0 Å². The van der Waals surface area contributed by atoms with Gasteiger partial charge in [-0.05, 0) is 34.0 Å². The average Bonchev–Trinajstić information content (AvgIpc) is 2.81. The Morgan fingerprint density at radius 2 is 2.21 bits per heavy atom. The van der Waals surface area contributed by atoms with E-state index in [0.29, 0.717) is 11.7 Å². The first-order chi connectivity index (χ1) is 8.99. The summed E-state index contributed by atoms with van der Waals surface area (Å²) in [4.78, 5) is 12.0. The smallest absolute Gasteiger partial charge is 0.258 e. The van der Waals surface area contributed by atoms with Crippen molar-refractivity contribution in [3.8, 4) is 0 Å². The molecule has 2 rings (SSSR count). The Hall–Kier alpha value is -1.69. The number of benzene rings is 1. The largest absolute Gasteiger partial charge is 0.305 e. The van der Waals surface area contributed by atoms with Crippen LogP contribution in [0.15, 0.2) is 28.7 Å². The minimum Gasteiger partial charge on any atom is -0.305 e. The Balaban J connectivity index is 2.18. The molecule has 0 aliphatic rings. The number of carbonyl (C=O) groups excluding carboxylic acids is 1. The summed E-state index contributed by atoms with van der Waals surface area (Å²) in [5, 5.41) is 9.45. The van der Waals surface area contributed by atoms with E-state index in [-0.39, 0.29) is 10.0 Å². The van der Waals surface area contributed by atoms with E-state index in [2.05, 4.69) is 31.4 Å². The molecule has 0 saturated heterocycles. The molecule has 0 aliphatic carbocycles. The maximum atomic E-state index is 13.3. The average molecular weight is 326 g/mol. The highest BCUT2D eigenvalue weighted by atomic mass is 79.9. The Bertz CT molecular complexity index is 610. The topological polar surface area (TPSA) is 57.8 Å². The zero-order valence-corrected chi connectivity index (χ0v) is 12.1. The second-order valence-electron chi connectivity index (χ2n) is 4.42. The van der Waals surface area contributed by atoms with Crippen molar-refractivity contribution >= 4 is 27.7 Å². The maximum Gasteiger partial charge on any atom is 0.258 e. The van der Waals surface area contributed by atoms with Crippen molar-refractivity contribution in [2.45, 2.75) is 19.8 Å². The highest BCUT2D eigenvalue weighted by molar-refractivity contribution is 9.10. The quantitative estimate of drug-likeness (QED) is 0.904. The lowest BCUT2D eigenvalue weighted by Gasteiger charge is -2.04. The maximum absolute atomic E-state index is 13.3. The first-order valence-electron chi connectivity index (χ1n) is 5.79. The number of nitrogens with one attached hydrogen (secondary N) is 2. The van der Waals surface area contributed by atoms with Crippen molar-refractivity contribution in [1.82, 2.24) is 10.2 Å². The Morgan fingerprint density at radius 3 is 2.84 bits per heavy atom. The molecule has 1 aromatic heterocycles. The number of aromatic amines is 1. The van der Waals surface area contributed by atoms with Crippen LogP contribution in [0.4, 0.5) is 10.2 Å². The van der Waals surface area contributed by atoms with Gasteiger partial charge in [0.1, 0.15) is 5.82 Å². The van der Waals surface area contributed by atoms with Crippen molar-refractivity contribution in [1.29, 1.82) is 0 Å². The predicted octanol–water partition coefficient (Wildman–Crippen LogP) is 3.69. The van der Waals surface area contributed by atoms with Gasteiger partial charge >= 0.3 is 0 Å². The standard InChI is InChI=1S/C13H13BrFN3O/c1-7(2)10-6-11(18-17-10)16-13(19)8-4-3-5-9(15)12(8)14/h3-7H,1-2H3,(H2,16,17,18,19). The minimum atomic E-state index is -0.474. The number of carbonyl (C=O) groups is 1. The van der Waals surface area contributed by atoms with Crippen LogP contribution < -0.4 is 5.32 Å². The minimum absolute atomic E-state index is 0.145. The highest BCUT2D eigenvalue weighted by Crippen LogP contribution is 2.22. The van der Waals surface area contributed by atoms with Crippen LogP contribution in [-0.2, 0) is 0 Å². The number of hydrogen-bond donors (Lipinski definition) is 2. The van der Waals surface area contributed by atoms with Crippen molar-refractivity contribution in [2.24, 2.45) is 0 Å². The van der Waals surface area contributed by atoms with Crippen molar-refractivity contribution in [3.05, 3.63) is 45.8 Å². The van der Waals surface area contributed by atoms with E-state index in [1.54, 1.807) is 12.1 Å². The van der Waals surface area contributed by atoms with Gasteiger partial charge in [-0.3, -0.25) is 9.89 Å². The molecule has 0 fully saturated rings. The summed E-state index contributed by atoms with van der Waals surface area (Å²) < 4.78 is 13.5. The van der Waals surface area contributed by atoms with E-state index in [4.69, 9.17) is 0 Å².